The van der Waals surface area contributed by atoms with Gasteiger partial charge in [-0.3, -0.25) is 0 Å². The first-order valence-corrected chi connectivity index (χ1v) is 6.81. The van der Waals surface area contributed by atoms with E-state index in [2.05, 4.69) is 11.8 Å². The minimum atomic E-state index is -0.313. The van der Waals surface area contributed by atoms with Gasteiger partial charge in [0.1, 0.15) is 5.82 Å². The van der Waals surface area contributed by atoms with Gasteiger partial charge >= 0.3 is 0 Å². The second-order valence-corrected chi connectivity index (χ2v) is 5.64. The maximum Gasteiger partial charge on any atom is 0.130 e. The van der Waals surface area contributed by atoms with E-state index in [-0.39, 0.29) is 17.5 Å². The molecule has 0 saturated carbocycles. The van der Waals surface area contributed by atoms with Crippen LogP contribution in [0, 0.1) is 5.82 Å². The summed E-state index contributed by atoms with van der Waals surface area (Å²) >= 11 is 0. The highest BCUT2D eigenvalue weighted by Crippen LogP contribution is 2.33. The van der Waals surface area contributed by atoms with Crippen LogP contribution in [0.5, 0.6) is 0 Å². The fourth-order valence-corrected chi connectivity index (χ4v) is 2.83. The lowest BCUT2D eigenvalue weighted by molar-refractivity contribution is -0.00470. The second kappa shape index (κ2) is 5.47. The number of hydrogen-bond donors (Lipinski definition) is 1. The Morgan fingerprint density at radius 2 is 2.21 bits per heavy atom. The normalized spacial score (nSPS) is 25.4. The molecule has 0 spiro atoms. The minimum Gasteiger partial charge on any atom is -0.377 e. The molecule has 0 bridgehead atoms. The van der Waals surface area contributed by atoms with E-state index in [4.69, 9.17) is 10.5 Å². The van der Waals surface area contributed by atoms with Crippen molar-refractivity contribution >= 4 is 5.69 Å². The third kappa shape index (κ3) is 2.90. The number of ether oxygens (including phenoxy) is 1. The van der Waals surface area contributed by atoms with Gasteiger partial charge in [-0.05, 0) is 38.8 Å². The number of benzene rings is 1. The monoisotopic (exact) mass is 266 g/mol. The molecule has 0 aromatic heterocycles. The summed E-state index contributed by atoms with van der Waals surface area (Å²) in [5.74, 6) is -0.225. The number of methoxy groups -OCH3 is 1. The predicted molar refractivity (Wildman–Crippen MR) is 75.9 cm³/mol. The van der Waals surface area contributed by atoms with Crippen molar-refractivity contribution in [3.05, 3.63) is 29.6 Å². The summed E-state index contributed by atoms with van der Waals surface area (Å²) in [6.07, 6.45) is 2.07. The lowest BCUT2D eigenvalue weighted by Crippen LogP contribution is -2.48. The van der Waals surface area contributed by atoms with E-state index in [1.165, 1.54) is 6.07 Å². The van der Waals surface area contributed by atoms with Crippen LogP contribution in [-0.4, -0.2) is 25.8 Å². The fourth-order valence-electron chi connectivity index (χ4n) is 2.83. The van der Waals surface area contributed by atoms with Crippen LogP contribution in [-0.2, 0) is 4.74 Å². The lowest BCUT2D eigenvalue weighted by Gasteiger charge is -2.41. The molecule has 3 nitrogen and oxygen atoms in total. The predicted octanol–water partition coefficient (Wildman–Crippen LogP) is 2.85. The summed E-state index contributed by atoms with van der Waals surface area (Å²) in [5, 5.41) is 0. The highest BCUT2D eigenvalue weighted by atomic mass is 19.1. The lowest BCUT2D eigenvalue weighted by atomic mass is 9.93. The molecule has 1 heterocycles. The van der Waals surface area contributed by atoms with Crippen molar-refractivity contribution in [1.29, 1.82) is 0 Å². The van der Waals surface area contributed by atoms with Gasteiger partial charge in [0.05, 0.1) is 5.60 Å². The van der Waals surface area contributed by atoms with Gasteiger partial charge in [0.15, 0.2) is 0 Å². The summed E-state index contributed by atoms with van der Waals surface area (Å²) in [6, 6.07) is 4.85. The molecule has 0 aliphatic carbocycles. The maximum absolute atomic E-state index is 14.0. The number of piperidine rings is 1. The standard InChI is InChI=1S/C15H23FN2O/c1-11(17)14-12(16)6-4-7-13(14)18-9-5-8-15(2,10-18)19-3/h4,6-7,11H,5,8-10,17H2,1-3H3. The van der Waals surface area contributed by atoms with Crippen molar-refractivity contribution in [2.45, 2.75) is 38.3 Å². The van der Waals surface area contributed by atoms with Gasteiger partial charge in [-0.1, -0.05) is 6.07 Å². The highest BCUT2D eigenvalue weighted by Gasteiger charge is 2.32. The van der Waals surface area contributed by atoms with Crippen molar-refractivity contribution < 1.29 is 9.13 Å². The van der Waals surface area contributed by atoms with Gasteiger partial charge in [-0.15, -0.1) is 0 Å². The molecule has 1 aliphatic heterocycles. The van der Waals surface area contributed by atoms with E-state index in [0.29, 0.717) is 5.56 Å². The maximum atomic E-state index is 14.0. The molecule has 2 atom stereocenters. The van der Waals surface area contributed by atoms with Crippen LogP contribution in [0.1, 0.15) is 38.3 Å². The van der Waals surface area contributed by atoms with E-state index in [0.717, 1.165) is 31.6 Å². The molecule has 19 heavy (non-hydrogen) atoms. The van der Waals surface area contributed by atoms with Gasteiger partial charge in [-0.2, -0.15) is 0 Å². The average Bonchev–Trinajstić information content (AvgIpc) is 2.38. The molecule has 2 unspecified atom stereocenters. The van der Waals surface area contributed by atoms with Crippen molar-refractivity contribution in [3.8, 4) is 0 Å². The molecule has 2 rings (SSSR count). The SMILES string of the molecule is COC1(C)CCCN(c2cccc(F)c2C(C)N)C1. The van der Waals surface area contributed by atoms with E-state index in [1.807, 2.05) is 13.0 Å². The van der Waals surface area contributed by atoms with E-state index >= 15 is 0 Å². The molecule has 0 radical (unpaired) electrons. The van der Waals surface area contributed by atoms with Crippen LogP contribution >= 0.6 is 0 Å². The molecule has 106 valence electrons. The molecule has 1 saturated heterocycles. The molecular weight excluding hydrogens is 243 g/mol. The largest absolute Gasteiger partial charge is 0.377 e. The second-order valence-electron chi connectivity index (χ2n) is 5.64. The Morgan fingerprint density at radius 1 is 1.47 bits per heavy atom. The summed E-state index contributed by atoms with van der Waals surface area (Å²) in [7, 11) is 1.74. The molecule has 1 aliphatic rings. The number of anilines is 1. The first-order valence-electron chi connectivity index (χ1n) is 6.81. The van der Waals surface area contributed by atoms with Crippen LogP contribution in [0.3, 0.4) is 0 Å². The van der Waals surface area contributed by atoms with Gasteiger partial charge in [0.25, 0.3) is 0 Å². The molecular formula is C15H23FN2O. The topological polar surface area (TPSA) is 38.5 Å². The Balaban J connectivity index is 2.34. The number of halogens is 1. The van der Waals surface area contributed by atoms with Crippen LogP contribution in [0.2, 0.25) is 0 Å². The number of nitrogens with zero attached hydrogens (tertiary/aromatic N) is 1. The van der Waals surface area contributed by atoms with Crippen molar-refractivity contribution in [1.82, 2.24) is 0 Å². The first-order chi connectivity index (χ1) is 8.97. The van der Waals surface area contributed by atoms with Crippen LogP contribution in [0.4, 0.5) is 10.1 Å². The smallest absolute Gasteiger partial charge is 0.130 e. The average molecular weight is 266 g/mol. The van der Waals surface area contributed by atoms with Gasteiger partial charge in [0, 0.05) is 37.5 Å². The molecule has 1 aromatic rings. The van der Waals surface area contributed by atoms with Crippen LogP contribution < -0.4 is 10.6 Å². The summed E-state index contributed by atoms with van der Waals surface area (Å²) in [6.45, 7) is 5.61. The Bertz CT molecular complexity index is 450. The zero-order valence-electron chi connectivity index (χ0n) is 11.9. The summed E-state index contributed by atoms with van der Waals surface area (Å²) < 4.78 is 19.6. The van der Waals surface area contributed by atoms with E-state index < -0.39 is 0 Å². The molecule has 4 heteroatoms. The van der Waals surface area contributed by atoms with Gasteiger partial charge in [0.2, 0.25) is 0 Å². The number of rotatable bonds is 3. The molecule has 1 fully saturated rings. The fraction of sp³-hybridized carbons (Fsp3) is 0.600. The highest BCUT2D eigenvalue weighted by molar-refractivity contribution is 5.56. The number of hydrogen-bond acceptors (Lipinski definition) is 3. The van der Waals surface area contributed by atoms with Crippen LogP contribution in [0.25, 0.3) is 0 Å². The first kappa shape index (κ1) is 14.3. The zero-order chi connectivity index (χ0) is 14.0. The Kier molecular flexibility index (Phi) is 4.11. The molecule has 0 amide bonds. The number of nitrogens with two attached hydrogens (primary N) is 1. The Hall–Kier alpha value is -1.13. The van der Waals surface area contributed by atoms with Crippen LogP contribution in [0.15, 0.2) is 18.2 Å². The zero-order valence-corrected chi connectivity index (χ0v) is 11.9. The Labute approximate surface area is 114 Å². The quantitative estimate of drug-likeness (QED) is 0.914. The van der Waals surface area contributed by atoms with Crippen molar-refractivity contribution in [2.24, 2.45) is 5.73 Å². The summed E-state index contributed by atoms with van der Waals surface area (Å²) in [4.78, 5) is 2.19. The van der Waals surface area contributed by atoms with Gasteiger partial charge in [-0.25, -0.2) is 4.39 Å². The molecule has 1 aromatic carbocycles. The summed E-state index contributed by atoms with van der Waals surface area (Å²) in [5.41, 5.74) is 7.26. The molecule has 2 N–H and O–H groups in total. The Morgan fingerprint density at radius 3 is 2.84 bits per heavy atom. The van der Waals surface area contributed by atoms with E-state index in [9.17, 15) is 4.39 Å². The minimum absolute atomic E-state index is 0.167. The third-order valence-corrected chi connectivity index (χ3v) is 3.98. The van der Waals surface area contributed by atoms with Gasteiger partial charge < -0.3 is 15.4 Å². The van der Waals surface area contributed by atoms with Crippen molar-refractivity contribution in [3.63, 3.8) is 0 Å². The van der Waals surface area contributed by atoms with E-state index in [1.54, 1.807) is 13.2 Å². The third-order valence-electron chi connectivity index (χ3n) is 3.98. The van der Waals surface area contributed by atoms with Crippen molar-refractivity contribution in [2.75, 3.05) is 25.1 Å².